The van der Waals surface area contributed by atoms with E-state index in [1.165, 1.54) is 0 Å². The second kappa shape index (κ2) is 5.08. The highest BCUT2D eigenvalue weighted by molar-refractivity contribution is 9.10. The Morgan fingerprint density at radius 2 is 2.26 bits per heavy atom. The number of amides is 1. The van der Waals surface area contributed by atoms with Crippen LogP contribution in [0.5, 0.6) is 5.75 Å². The van der Waals surface area contributed by atoms with E-state index in [0.717, 1.165) is 4.47 Å². The average Bonchev–Trinajstić information content (AvgIpc) is 3.19. The van der Waals surface area contributed by atoms with E-state index in [1.54, 1.807) is 25.3 Å². The number of amidine groups is 1. The Bertz CT molecular complexity index is 541. The number of halogens is 1. The number of nitrogens with one attached hydrogen (secondary N) is 1. The zero-order chi connectivity index (χ0) is 14.0. The molecule has 1 aromatic rings. The quantitative estimate of drug-likeness (QED) is 0.340. The molecule has 102 valence electrons. The van der Waals surface area contributed by atoms with Crippen LogP contribution in [-0.4, -0.2) is 24.1 Å². The first-order valence-electron chi connectivity index (χ1n) is 5.66. The summed E-state index contributed by atoms with van der Waals surface area (Å²) in [4.78, 5) is 12.1. The predicted octanol–water partition coefficient (Wildman–Crippen LogP) is 1.92. The lowest BCUT2D eigenvalue weighted by Gasteiger charge is -2.14. The standard InChI is InChI=1S/C12H14BrN3O3/c1-19-9-3-2-7(6-8(9)13)15-11(17)12(4-5-12)10(14)16-18/h2-3,6,18H,4-5H2,1H3,(H2,14,16)(H,15,17). The lowest BCUT2D eigenvalue weighted by atomic mass is 10.1. The molecule has 0 heterocycles. The summed E-state index contributed by atoms with van der Waals surface area (Å²) in [7, 11) is 1.57. The van der Waals surface area contributed by atoms with Crippen molar-refractivity contribution in [1.82, 2.24) is 0 Å². The first-order valence-corrected chi connectivity index (χ1v) is 6.46. The molecule has 0 radical (unpaired) electrons. The molecule has 1 saturated carbocycles. The van der Waals surface area contributed by atoms with Crippen molar-refractivity contribution >= 4 is 33.4 Å². The van der Waals surface area contributed by atoms with Crippen molar-refractivity contribution in [2.24, 2.45) is 16.3 Å². The molecule has 0 aromatic heterocycles. The van der Waals surface area contributed by atoms with Gasteiger partial charge in [0.1, 0.15) is 11.2 Å². The maximum atomic E-state index is 12.1. The van der Waals surface area contributed by atoms with Crippen molar-refractivity contribution in [1.29, 1.82) is 0 Å². The Kier molecular flexibility index (Phi) is 3.66. The Hall–Kier alpha value is -1.76. The highest BCUT2D eigenvalue weighted by Gasteiger charge is 2.54. The van der Waals surface area contributed by atoms with Gasteiger partial charge in [-0.2, -0.15) is 0 Å². The van der Waals surface area contributed by atoms with Gasteiger partial charge >= 0.3 is 0 Å². The molecule has 1 aromatic carbocycles. The van der Waals surface area contributed by atoms with E-state index in [2.05, 4.69) is 26.4 Å². The summed E-state index contributed by atoms with van der Waals surface area (Å²) in [5, 5.41) is 14.4. The SMILES string of the molecule is COc1ccc(NC(=O)C2(/C(N)=N/O)CC2)cc1Br. The monoisotopic (exact) mass is 327 g/mol. The molecule has 6 nitrogen and oxygen atoms in total. The van der Waals surface area contributed by atoms with E-state index in [1.807, 2.05) is 0 Å². The molecule has 0 aliphatic heterocycles. The summed E-state index contributed by atoms with van der Waals surface area (Å²) in [5.41, 5.74) is 5.31. The molecule has 1 aliphatic rings. The van der Waals surface area contributed by atoms with Crippen LogP contribution >= 0.6 is 15.9 Å². The lowest BCUT2D eigenvalue weighted by Crippen LogP contribution is -2.36. The van der Waals surface area contributed by atoms with Crippen LogP contribution in [0.4, 0.5) is 5.69 Å². The van der Waals surface area contributed by atoms with Crippen LogP contribution in [0.2, 0.25) is 0 Å². The third-order valence-electron chi connectivity index (χ3n) is 3.19. The van der Waals surface area contributed by atoms with Crippen LogP contribution in [-0.2, 0) is 4.79 Å². The number of anilines is 1. The van der Waals surface area contributed by atoms with Crippen molar-refractivity contribution in [3.05, 3.63) is 22.7 Å². The number of hydrogen-bond donors (Lipinski definition) is 3. The summed E-state index contributed by atoms with van der Waals surface area (Å²) in [6.07, 6.45) is 1.18. The maximum Gasteiger partial charge on any atom is 0.238 e. The van der Waals surface area contributed by atoms with Crippen LogP contribution in [0, 0.1) is 5.41 Å². The molecule has 1 aliphatic carbocycles. The molecule has 0 atom stereocenters. The Morgan fingerprint density at radius 1 is 1.58 bits per heavy atom. The third kappa shape index (κ3) is 2.51. The van der Waals surface area contributed by atoms with Crippen LogP contribution < -0.4 is 15.8 Å². The van der Waals surface area contributed by atoms with Crippen LogP contribution in [0.1, 0.15) is 12.8 Å². The normalized spacial score (nSPS) is 16.8. The van der Waals surface area contributed by atoms with Gasteiger partial charge in [-0.25, -0.2) is 0 Å². The summed E-state index contributed by atoms with van der Waals surface area (Å²) < 4.78 is 5.85. The van der Waals surface area contributed by atoms with E-state index in [4.69, 9.17) is 15.7 Å². The molecular weight excluding hydrogens is 314 g/mol. The molecule has 0 bridgehead atoms. The van der Waals surface area contributed by atoms with E-state index in [9.17, 15) is 4.79 Å². The molecule has 0 unspecified atom stereocenters. The third-order valence-corrected chi connectivity index (χ3v) is 3.81. The zero-order valence-corrected chi connectivity index (χ0v) is 11.9. The number of benzene rings is 1. The van der Waals surface area contributed by atoms with Crippen molar-refractivity contribution in [2.75, 3.05) is 12.4 Å². The fourth-order valence-electron chi connectivity index (χ4n) is 1.82. The molecule has 0 spiro atoms. The average molecular weight is 328 g/mol. The number of hydrogen-bond acceptors (Lipinski definition) is 4. The van der Waals surface area contributed by atoms with Gasteiger partial charge in [0.05, 0.1) is 11.6 Å². The fourth-order valence-corrected chi connectivity index (χ4v) is 2.36. The second-order valence-corrected chi connectivity index (χ2v) is 5.23. The van der Waals surface area contributed by atoms with Gasteiger partial charge in [0.25, 0.3) is 0 Å². The van der Waals surface area contributed by atoms with Gasteiger partial charge in [0.2, 0.25) is 5.91 Å². The summed E-state index contributed by atoms with van der Waals surface area (Å²) in [6.45, 7) is 0. The molecular formula is C12H14BrN3O3. The van der Waals surface area contributed by atoms with E-state index in [-0.39, 0.29) is 11.7 Å². The number of carbonyl (C=O) groups excluding carboxylic acids is 1. The summed E-state index contributed by atoms with van der Waals surface area (Å²) in [6, 6.07) is 5.20. The van der Waals surface area contributed by atoms with Crippen molar-refractivity contribution in [3.8, 4) is 5.75 Å². The highest BCUT2D eigenvalue weighted by atomic mass is 79.9. The smallest absolute Gasteiger partial charge is 0.238 e. The number of rotatable bonds is 4. The van der Waals surface area contributed by atoms with Crippen LogP contribution in [0.25, 0.3) is 0 Å². The number of ether oxygens (including phenoxy) is 1. The Labute approximate surface area is 118 Å². The van der Waals surface area contributed by atoms with Crippen molar-refractivity contribution in [3.63, 3.8) is 0 Å². The van der Waals surface area contributed by atoms with Crippen molar-refractivity contribution < 1.29 is 14.7 Å². The van der Waals surface area contributed by atoms with Gasteiger partial charge in [0, 0.05) is 5.69 Å². The summed E-state index contributed by atoms with van der Waals surface area (Å²) in [5.74, 6) is 0.369. The minimum Gasteiger partial charge on any atom is -0.496 e. The van der Waals surface area contributed by atoms with Gasteiger partial charge in [-0.1, -0.05) is 5.16 Å². The molecule has 1 fully saturated rings. The zero-order valence-electron chi connectivity index (χ0n) is 10.3. The van der Waals surface area contributed by atoms with Gasteiger partial charge in [-0.3, -0.25) is 4.79 Å². The Balaban J connectivity index is 2.14. The van der Waals surface area contributed by atoms with E-state index >= 15 is 0 Å². The molecule has 7 heteroatoms. The number of nitrogens with two attached hydrogens (primary N) is 1. The largest absolute Gasteiger partial charge is 0.496 e. The number of nitrogens with zero attached hydrogens (tertiary/aromatic N) is 1. The van der Waals surface area contributed by atoms with Gasteiger partial charge in [-0.05, 0) is 47.0 Å². The minimum atomic E-state index is -0.860. The topological polar surface area (TPSA) is 96.9 Å². The van der Waals surface area contributed by atoms with Crippen molar-refractivity contribution in [2.45, 2.75) is 12.8 Å². The van der Waals surface area contributed by atoms with E-state index in [0.29, 0.717) is 24.3 Å². The summed E-state index contributed by atoms with van der Waals surface area (Å²) >= 11 is 3.34. The fraction of sp³-hybridized carbons (Fsp3) is 0.333. The first kappa shape index (κ1) is 13.7. The molecule has 2 rings (SSSR count). The molecule has 0 saturated heterocycles. The van der Waals surface area contributed by atoms with Crippen LogP contribution in [0.3, 0.4) is 0 Å². The predicted molar refractivity (Wildman–Crippen MR) is 74.4 cm³/mol. The molecule has 19 heavy (non-hydrogen) atoms. The Morgan fingerprint density at radius 3 is 2.74 bits per heavy atom. The minimum absolute atomic E-state index is 0.0439. The number of oxime groups is 1. The second-order valence-electron chi connectivity index (χ2n) is 4.37. The van der Waals surface area contributed by atoms with Gasteiger partial charge in [-0.15, -0.1) is 0 Å². The first-order chi connectivity index (χ1) is 9.03. The van der Waals surface area contributed by atoms with E-state index < -0.39 is 5.41 Å². The highest BCUT2D eigenvalue weighted by Crippen LogP contribution is 2.46. The molecule has 1 amide bonds. The lowest BCUT2D eigenvalue weighted by molar-refractivity contribution is -0.119. The number of methoxy groups -OCH3 is 1. The van der Waals surface area contributed by atoms with Gasteiger partial charge in [0.15, 0.2) is 5.84 Å². The molecule has 4 N–H and O–H groups in total. The maximum absolute atomic E-state index is 12.1. The van der Waals surface area contributed by atoms with Crippen LogP contribution in [0.15, 0.2) is 27.8 Å². The van der Waals surface area contributed by atoms with Gasteiger partial charge < -0.3 is 21.0 Å². The number of carbonyl (C=O) groups is 1.